The molecule has 0 atom stereocenters. The Labute approximate surface area is 135 Å². The fourth-order valence-electron chi connectivity index (χ4n) is 2.73. The monoisotopic (exact) mass is 306 g/mol. The van der Waals surface area contributed by atoms with Crippen LogP contribution in [0.3, 0.4) is 0 Å². The van der Waals surface area contributed by atoms with Crippen molar-refractivity contribution in [3.05, 3.63) is 65.4 Å². The van der Waals surface area contributed by atoms with Crippen molar-refractivity contribution < 1.29 is 9.59 Å². The topological polar surface area (TPSA) is 58.2 Å². The quantitative estimate of drug-likeness (QED) is 0.671. The smallest absolute Gasteiger partial charge is 0.303 e. The molecule has 2 aromatic carbocycles. The first-order valence-corrected chi connectivity index (χ1v) is 7.69. The number of nitrogens with one attached hydrogen (secondary N) is 2. The zero-order valence-electron chi connectivity index (χ0n) is 12.9. The van der Waals surface area contributed by atoms with Gasteiger partial charge in [-0.1, -0.05) is 61.9 Å². The van der Waals surface area contributed by atoms with Crippen LogP contribution in [0, 0.1) is 0 Å². The van der Waals surface area contributed by atoms with Gasteiger partial charge in [-0.25, -0.2) is 4.79 Å². The number of carbonyl (C=O) groups is 2. The summed E-state index contributed by atoms with van der Waals surface area (Å²) in [6, 6.07) is 15.9. The molecule has 0 unspecified atom stereocenters. The third kappa shape index (κ3) is 3.31. The van der Waals surface area contributed by atoms with Gasteiger partial charge in [0.15, 0.2) is 0 Å². The van der Waals surface area contributed by atoms with Gasteiger partial charge in [0.1, 0.15) is 5.70 Å². The molecule has 3 rings (SSSR count). The first-order valence-electron chi connectivity index (χ1n) is 7.69. The Balaban J connectivity index is 1.98. The normalized spacial score (nSPS) is 15.6. The molecule has 2 aromatic rings. The summed E-state index contributed by atoms with van der Waals surface area (Å²) < 4.78 is 0. The van der Waals surface area contributed by atoms with Crippen molar-refractivity contribution >= 4 is 18.0 Å². The minimum atomic E-state index is -0.476. The molecule has 4 nitrogen and oxygen atoms in total. The first kappa shape index (κ1) is 15.0. The maximum Gasteiger partial charge on any atom is 0.326 e. The third-order valence-corrected chi connectivity index (χ3v) is 3.76. The van der Waals surface area contributed by atoms with Crippen LogP contribution in [0.15, 0.2) is 54.2 Å². The van der Waals surface area contributed by atoms with E-state index in [1.54, 1.807) is 6.08 Å². The molecule has 1 fully saturated rings. The van der Waals surface area contributed by atoms with Gasteiger partial charge in [0.25, 0.3) is 5.91 Å². The lowest BCUT2D eigenvalue weighted by atomic mass is 9.94. The Morgan fingerprint density at radius 3 is 2.43 bits per heavy atom. The predicted octanol–water partition coefficient (Wildman–Crippen LogP) is 3.49. The lowest BCUT2D eigenvalue weighted by molar-refractivity contribution is -0.115. The molecule has 2 N–H and O–H groups in total. The molecule has 1 saturated heterocycles. The van der Waals surface area contributed by atoms with Gasteiger partial charge in [-0.3, -0.25) is 10.1 Å². The molecule has 0 aromatic heterocycles. The summed E-state index contributed by atoms with van der Waals surface area (Å²) in [5, 5.41) is 4.72. The van der Waals surface area contributed by atoms with Crippen LogP contribution in [0.5, 0.6) is 0 Å². The lowest BCUT2D eigenvalue weighted by Gasteiger charge is -2.10. The van der Waals surface area contributed by atoms with Gasteiger partial charge in [-0.05, 0) is 34.8 Å². The summed E-state index contributed by atoms with van der Waals surface area (Å²) in [6.45, 7) is 2.14. The number of urea groups is 1. The lowest BCUT2D eigenvalue weighted by Crippen LogP contribution is -2.22. The second-order valence-electron chi connectivity index (χ2n) is 5.50. The van der Waals surface area contributed by atoms with E-state index in [0.717, 1.165) is 18.4 Å². The maximum absolute atomic E-state index is 11.6. The summed E-state index contributed by atoms with van der Waals surface area (Å²) in [4.78, 5) is 22.8. The number of carbonyl (C=O) groups excluding carboxylic acids is 2. The number of benzene rings is 2. The Bertz CT molecular complexity index is 779. The molecule has 0 aliphatic carbocycles. The molecule has 1 aliphatic heterocycles. The Morgan fingerprint density at radius 2 is 1.78 bits per heavy atom. The maximum atomic E-state index is 11.6. The fraction of sp³-hybridized carbons (Fsp3) is 0.158. The number of imide groups is 1. The highest BCUT2D eigenvalue weighted by atomic mass is 16.2. The standard InChI is InChI=1S/C19H18N2O2/c1-2-6-15-11-13(12-17-18(22)21-19(23)20-17)9-10-16(15)14-7-4-3-5-8-14/h3-5,7-12H,2,6H2,1H3,(H2,20,21,22,23)/b17-12+. The average molecular weight is 306 g/mol. The predicted molar refractivity (Wildman–Crippen MR) is 90.5 cm³/mol. The highest BCUT2D eigenvalue weighted by Crippen LogP contribution is 2.26. The van der Waals surface area contributed by atoms with Crippen LogP contribution in [0.1, 0.15) is 24.5 Å². The molecular formula is C19H18N2O2. The van der Waals surface area contributed by atoms with Gasteiger partial charge < -0.3 is 5.32 Å². The van der Waals surface area contributed by atoms with Crippen molar-refractivity contribution in [3.8, 4) is 11.1 Å². The summed E-state index contributed by atoms with van der Waals surface area (Å²) >= 11 is 0. The molecule has 116 valence electrons. The van der Waals surface area contributed by atoms with E-state index in [0.29, 0.717) is 0 Å². The van der Waals surface area contributed by atoms with E-state index in [1.807, 2.05) is 24.3 Å². The molecular weight excluding hydrogens is 288 g/mol. The molecule has 4 heteroatoms. The molecule has 3 amide bonds. The van der Waals surface area contributed by atoms with Gasteiger partial charge in [-0.15, -0.1) is 0 Å². The number of hydrogen-bond acceptors (Lipinski definition) is 2. The zero-order valence-corrected chi connectivity index (χ0v) is 12.9. The Kier molecular flexibility index (Phi) is 4.24. The highest BCUT2D eigenvalue weighted by Gasteiger charge is 2.22. The van der Waals surface area contributed by atoms with Gasteiger partial charge in [0.2, 0.25) is 0 Å². The van der Waals surface area contributed by atoms with Crippen LogP contribution in [-0.2, 0) is 11.2 Å². The van der Waals surface area contributed by atoms with E-state index in [4.69, 9.17) is 0 Å². The zero-order chi connectivity index (χ0) is 16.2. The average Bonchev–Trinajstić information content (AvgIpc) is 2.86. The molecule has 0 spiro atoms. The van der Waals surface area contributed by atoms with Gasteiger partial charge in [-0.2, -0.15) is 0 Å². The van der Waals surface area contributed by atoms with Gasteiger partial charge in [0, 0.05) is 0 Å². The number of aryl methyl sites for hydroxylation is 1. The van der Waals surface area contributed by atoms with Crippen molar-refractivity contribution in [1.29, 1.82) is 0 Å². The molecule has 23 heavy (non-hydrogen) atoms. The van der Waals surface area contributed by atoms with Crippen LogP contribution in [0.4, 0.5) is 4.79 Å². The largest absolute Gasteiger partial charge is 0.326 e. The highest BCUT2D eigenvalue weighted by molar-refractivity contribution is 6.14. The van der Waals surface area contributed by atoms with Gasteiger partial charge in [0.05, 0.1) is 0 Å². The molecule has 0 bridgehead atoms. The van der Waals surface area contributed by atoms with Crippen molar-refractivity contribution in [1.82, 2.24) is 10.6 Å². The van der Waals surface area contributed by atoms with E-state index in [9.17, 15) is 9.59 Å². The number of amides is 3. The van der Waals surface area contributed by atoms with Crippen LogP contribution in [0.25, 0.3) is 17.2 Å². The van der Waals surface area contributed by atoms with Crippen LogP contribution >= 0.6 is 0 Å². The van der Waals surface area contributed by atoms with Crippen molar-refractivity contribution in [2.45, 2.75) is 19.8 Å². The summed E-state index contributed by atoms with van der Waals surface area (Å²) in [6.07, 6.45) is 3.70. The summed E-state index contributed by atoms with van der Waals surface area (Å²) in [5.41, 5.74) is 4.81. The van der Waals surface area contributed by atoms with Crippen molar-refractivity contribution in [2.75, 3.05) is 0 Å². The number of rotatable bonds is 4. The van der Waals surface area contributed by atoms with E-state index in [2.05, 4.69) is 41.8 Å². The molecule has 1 heterocycles. The van der Waals surface area contributed by atoms with Gasteiger partial charge >= 0.3 is 6.03 Å². The Morgan fingerprint density at radius 1 is 1.00 bits per heavy atom. The van der Waals surface area contributed by atoms with Crippen LogP contribution in [-0.4, -0.2) is 11.9 Å². The Hall–Kier alpha value is -2.88. The fourth-order valence-corrected chi connectivity index (χ4v) is 2.73. The minimum absolute atomic E-state index is 0.282. The molecule has 0 saturated carbocycles. The van der Waals surface area contributed by atoms with Crippen molar-refractivity contribution in [2.24, 2.45) is 0 Å². The summed E-state index contributed by atoms with van der Waals surface area (Å²) in [5.74, 6) is -0.390. The van der Waals surface area contributed by atoms with Crippen LogP contribution < -0.4 is 10.6 Å². The third-order valence-electron chi connectivity index (χ3n) is 3.76. The van der Waals surface area contributed by atoms with Crippen molar-refractivity contribution in [3.63, 3.8) is 0 Å². The minimum Gasteiger partial charge on any atom is -0.303 e. The molecule has 1 aliphatic rings. The second kappa shape index (κ2) is 6.48. The SMILES string of the molecule is CCCc1cc(/C=C2/NC(=O)NC2=O)ccc1-c1ccccc1. The van der Waals surface area contributed by atoms with Crippen LogP contribution in [0.2, 0.25) is 0 Å². The summed E-state index contributed by atoms with van der Waals surface area (Å²) in [7, 11) is 0. The van der Waals surface area contributed by atoms with E-state index < -0.39 is 6.03 Å². The number of hydrogen-bond donors (Lipinski definition) is 2. The van der Waals surface area contributed by atoms with E-state index in [1.165, 1.54) is 16.7 Å². The second-order valence-corrected chi connectivity index (χ2v) is 5.50. The van der Waals surface area contributed by atoms with E-state index in [-0.39, 0.29) is 11.6 Å². The first-order chi connectivity index (χ1) is 11.2. The molecule has 0 radical (unpaired) electrons. The van der Waals surface area contributed by atoms with E-state index >= 15 is 0 Å².